The molecule has 1 fully saturated rings. The SMILES string of the molecule is COCC1CCCN(C(=O)c2sccc2N)C1. The molecule has 2 rings (SSSR count). The van der Waals surface area contributed by atoms with Crippen LogP contribution in [0.5, 0.6) is 0 Å². The summed E-state index contributed by atoms with van der Waals surface area (Å²) in [6, 6.07) is 1.79. The Bertz CT molecular complexity index is 390. The second kappa shape index (κ2) is 5.51. The Balaban J connectivity index is 2.02. The number of amides is 1. The number of anilines is 1. The van der Waals surface area contributed by atoms with Gasteiger partial charge < -0.3 is 15.4 Å². The normalized spacial score (nSPS) is 20.5. The molecule has 2 N–H and O–H groups in total. The van der Waals surface area contributed by atoms with Crippen molar-refractivity contribution in [2.24, 2.45) is 5.92 Å². The van der Waals surface area contributed by atoms with Gasteiger partial charge in [-0.25, -0.2) is 0 Å². The Morgan fingerprint density at radius 3 is 3.18 bits per heavy atom. The summed E-state index contributed by atoms with van der Waals surface area (Å²) in [7, 11) is 1.71. The lowest BCUT2D eigenvalue weighted by Crippen LogP contribution is -2.41. The van der Waals surface area contributed by atoms with Gasteiger partial charge in [0.1, 0.15) is 4.88 Å². The zero-order valence-electron chi connectivity index (χ0n) is 10.0. The number of ether oxygens (including phenoxy) is 1. The van der Waals surface area contributed by atoms with Crippen LogP contribution in [0.25, 0.3) is 0 Å². The molecule has 94 valence electrons. The Hall–Kier alpha value is -1.07. The summed E-state index contributed by atoms with van der Waals surface area (Å²) in [5.41, 5.74) is 6.37. The van der Waals surface area contributed by atoms with Crippen LogP contribution in [0.4, 0.5) is 5.69 Å². The molecule has 17 heavy (non-hydrogen) atoms. The van der Waals surface area contributed by atoms with Crippen molar-refractivity contribution in [1.29, 1.82) is 0 Å². The molecule has 1 aromatic heterocycles. The van der Waals surface area contributed by atoms with Gasteiger partial charge >= 0.3 is 0 Å². The maximum absolute atomic E-state index is 12.2. The van der Waals surface area contributed by atoms with Gasteiger partial charge in [-0.15, -0.1) is 11.3 Å². The van der Waals surface area contributed by atoms with Crippen LogP contribution >= 0.6 is 11.3 Å². The number of nitrogen functional groups attached to an aromatic ring is 1. The molecule has 4 nitrogen and oxygen atoms in total. The highest BCUT2D eigenvalue weighted by Gasteiger charge is 2.25. The molecule has 0 aromatic carbocycles. The number of nitrogens with two attached hydrogens (primary N) is 1. The van der Waals surface area contributed by atoms with Crippen molar-refractivity contribution in [2.75, 3.05) is 32.5 Å². The standard InChI is InChI=1S/C12H18N2O2S/c1-16-8-9-3-2-5-14(7-9)12(15)11-10(13)4-6-17-11/h4,6,9H,2-3,5,7-8,13H2,1H3. The van der Waals surface area contributed by atoms with Crippen molar-refractivity contribution in [2.45, 2.75) is 12.8 Å². The van der Waals surface area contributed by atoms with Crippen LogP contribution in [-0.2, 0) is 4.74 Å². The lowest BCUT2D eigenvalue weighted by Gasteiger charge is -2.32. The Morgan fingerprint density at radius 2 is 2.53 bits per heavy atom. The molecule has 5 heteroatoms. The van der Waals surface area contributed by atoms with E-state index < -0.39 is 0 Å². The Morgan fingerprint density at radius 1 is 1.71 bits per heavy atom. The molecule has 1 aromatic rings. The van der Waals surface area contributed by atoms with Gasteiger partial charge in [0, 0.05) is 20.2 Å². The van der Waals surface area contributed by atoms with Gasteiger partial charge in [0.25, 0.3) is 5.91 Å². The second-order valence-corrected chi connectivity index (χ2v) is 5.34. The average molecular weight is 254 g/mol. The third-order valence-electron chi connectivity index (χ3n) is 3.10. The van der Waals surface area contributed by atoms with E-state index in [0.29, 0.717) is 16.5 Å². The lowest BCUT2D eigenvalue weighted by molar-refractivity contribution is 0.0576. The molecule has 1 atom stereocenters. The van der Waals surface area contributed by atoms with Crippen LogP contribution in [0.2, 0.25) is 0 Å². The van der Waals surface area contributed by atoms with E-state index in [1.807, 2.05) is 10.3 Å². The highest BCUT2D eigenvalue weighted by atomic mass is 32.1. The van der Waals surface area contributed by atoms with Gasteiger partial charge in [0.2, 0.25) is 0 Å². The van der Waals surface area contributed by atoms with E-state index >= 15 is 0 Å². The molecule has 0 radical (unpaired) electrons. The van der Waals surface area contributed by atoms with E-state index in [-0.39, 0.29) is 5.91 Å². The van der Waals surface area contributed by atoms with Crippen molar-refractivity contribution >= 4 is 22.9 Å². The van der Waals surface area contributed by atoms with Gasteiger partial charge in [-0.3, -0.25) is 4.79 Å². The van der Waals surface area contributed by atoms with Gasteiger partial charge in [0.05, 0.1) is 12.3 Å². The fourth-order valence-electron chi connectivity index (χ4n) is 2.26. The molecule has 0 aliphatic carbocycles. The number of carbonyl (C=O) groups excluding carboxylic acids is 1. The second-order valence-electron chi connectivity index (χ2n) is 4.42. The smallest absolute Gasteiger partial charge is 0.266 e. The topological polar surface area (TPSA) is 55.6 Å². The molecular formula is C12H18N2O2S. The van der Waals surface area contributed by atoms with Gasteiger partial charge in [-0.1, -0.05) is 0 Å². The number of hydrogen-bond acceptors (Lipinski definition) is 4. The quantitative estimate of drug-likeness (QED) is 0.895. The van der Waals surface area contributed by atoms with E-state index in [4.69, 9.17) is 10.5 Å². The fourth-order valence-corrected chi connectivity index (χ4v) is 3.04. The van der Waals surface area contributed by atoms with Crippen LogP contribution in [0.1, 0.15) is 22.5 Å². The first-order valence-electron chi connectivity index (χ1n) is 5.83. The summed E-state index contributed by atoms with van der Waals surface area (Å²) in [4.78, 5) is 14.8. The van der Waals surface area contributed by atoms with Crippen molar-refractivity contribution in [3.05, 3.63) is 16.3 Å². The molecule has 1 aliphatic rings. The third-order valence-corrected chi connectivity index (χ3v) is 4.02. The van der Waals surface area contributed by atoms with Crippen LogP contribution in [0, 0.1) is 5.92 Å². The fraction of sp³-hybridized carbons (Fsp3) is 0.583. The molecule has 1 unspecified atom stereocenters. The van der Waals surface area contributed by atoms with E-state index in [0.717, 1.165) is 32.5 Å². The first-order valence-corrected chi connectivity index (χ1v) is 6.71. The number of piperidine rings is 1. The maximum Gasteiger partial charge on any atom is 0.266 e. The number of rotatable bonds is 3. The van der Waals surface area contributed by atoms with E-state index in [2.05, 4.69) is 0 Å². The molecule has 0 saturated carbocycles. The highest BCUT2D eigenvalue weighted by Crippen LogP contribution is 2.24. The Kier molecular flexibility index (Phi) is 4.02. The number of carbonyl (C=O) groups is 1. The van der Waals surface area contributed by atoms with Gasteiger partial charge in [-0.2, -0.15) is 0 Å². The number of thiophene rings is 1. The van der Waals surface area contributed by atoms with E-state index in [9.17, 15) is 4.79 Å². The number of methoxy groups -OCH3 is 1. The summed E-state index contributed by atoms with van der Waals surface area (Å²) in [6.07, 6.45) is 2.18. The van der Waals surface area contributed by atoms with Crippen molar-refractivity contribution in [3.8, 4) is 0 Å². The van der Waals surface area contributed by atoms with Crippen molar-refractivity contribution < 1.29 is 9.53 Å². The monoisotopic (exact) mass is 254 g/mol. The molecular weight excluding hydrogens is 236 g/mol. The van der Waals surface area contributed by atoms with Crippen molar-refractivity contribution in [3.63, 3.8) is 0 Å². The van der Waals surface area contributed by atoms with Crippen LogP contribution in [0.15, 0.2) is 11.4 Å². The third kappa shape index (κ3) is 2.79. The summed E-state index contributed by atoms with van der Waals surface area (Å²) in [6.45, 7) is 2.34. The summed E-state index contributed by atoms with van der Waals surface area (Å²) in [5.74, 6) is 0.525. The van der Waals surface area contributed by atoms with E-state index in [1.165, 1.54) is 11.3 Å². The molecule has 0 bridgehead atoms. The minimum atomic E-state index is 0.0679. The molecule has 2 heterocycles. The molecule has 1 amide bonds. The predicted molar refractivity (Wildman–Crippen MR) is 69.2 cm³/mol. The minimum Gasteiger partial charge on any atom is -0.397 e. The van der Waals surface area contributed by atoms with Gasteiger partial charge in [-0.05, 0) is 30.2 Å². The molecule has 1 saturated heterocycles. The minimum absolute atomic E-state index is 0.0679. The van der Waals surface area contributed by atoms with Gasteiger partial charge in [0.15, 0.2) is 0 Å². The van der Waals surface area contributed by atoms with Crippen molar-refractivity contribution in [1.82, 2.24) is 4.90 Å². The van der Waals surface area contributed by atoms with Crippen LogP contribution < -0.4 is 5.73 Å². The van der Waals surface area contributed by atoms with Crippen LogP contribution in [0.3, 0.4) is 0 Å². The predicted octanol–water partition coefficient (Wildman–Crippen LogP) is 1.83. The zero-order valence-corrected chi connectivity index (χ0v) is 10.8. The Labute approximate surface area is 105 Å². The largest absolute Gasteiger partial charge is 0.397 e. The number of likely N-dealkylation sites (tertiary alicyclic amines) is 1. The summed E-state index contributed by atoms with van der Waals surface area (Å²) in [5, 5.41) is 1.86. The summed E-state index contributed by atoms with van der Waals surface area (Å²) < 4.78 is 5.16. The average Bonchev–Trinajstić information content (AvgIpc) is 2.75. The van der Waals surface area contributed by atoms with E-state index in [1.54, 1.807) is 13.2 Å². The lowest BCUT2D eigenvalue weighted by atomic mass is 9.99. The first kappa shape index (κ1) is 12.4. The summed E-state index contributed by atoms with van der Waals surface area (Å²) >= 11 is 1.42. The van der Waals surface area contributed by atoms with Crippen LogP contribution in [-0.4, -0.2) is 37.6 Å². The molecule has 1 aliphatic heterocycles. The number of hydrogen-bond donors (Lipinski definition) is 1. The zero-order chi connectivity index (χ0) is 12.3. The first-order chi connectivity index (χ1) is 8.22. The highest BCUT2D eigenvalue weighted by molar-refractivity contribution is 7.12. The maximum atomic E-state index is 12.2. The number of nitrogens with zero attached hydrogens (tertiary/aromatic N) is 1. The molecule has 0 spiro atoms.